The summed E-state index contributed by atoms with van der Waals surface area (Å²) in [4.78, 5) is 48.8. The van der Waals surface area contributed by atoms with Crippen molar-refractivity contribution in [3.8, 4) is 17.2 Å². The third-order valence-electron chi connectivity index (χ3n) is 7.01. The predicted molar refractivity (Wildman–Crippen MR) is 167 cm³/mol. The number of nitrogens with one attached hydrogen (secondary N) is 1. The van der Waals surface area contributed by atoms with Gasteiger partial charge in [-0.1, -0.05) is 6.07 Å². The van der Waals surface area contributed by atoms with Crippen LogP contribution in [0.5, 0.6) is 11.5 Å². The maximum absolute atomic E-state index is 13.6. The van der Waals surface area contributed by atoms with Crippen LogP contribution in [0, 0.1) is 47.9 Å². The number of ether oxygens (including phenoxy) is 1. The number of carbonyl (C=O) groups excluding carboxylic acids is 2. The lowest BCUT2D eigenvalue weighted by molar-refractivity contribution is -0.394. The highest BCUT2D eigenvalue weighted by Crippen LogP contribution is 2.35. The van der Waals surface area contributed by atoms with Crippen LogP contribution in [0.1, 0.15) is 28.1 Å². The van der Waals surface area contributed by atoms with Crippen LogP contribution in [-0.2, 0) is 9.59 Å². The van der Waals surface area contributed by atoms with Gasteiger partial charge in [-0.2, -0.15) is 0 Å². The first-order chi connectivity index (χ1) is 20.8. The number of aromatic nitrogens is 1. The van der Waals surface area contributed by atoms with Crippen LogP contribution >= 0.6 is 12.2 Å². The largest absolute Gasteiger partial charge is 0.450 e. The highest BCUT2D eigenvalue weighted by Gasteiger charge is 2.35. The van der Waals surface area contributed by atoms with Crippen LogP contribution in [0.4, 0.5) is 17.1 Å². The number of hydrogen-bond acceptors (Lipinski definition) is 8. The number of non-ortho nitro benzene ring substituents is 1. The molecule has 44 heavy (non-hydrogen) atoms. The van der Waals surface area contributed by atoms with Crippen LogP contribution in [0.15, 0.2) is 72.3 Å². The fourth-order valence-corrected chi connectivity index (χ4v) is 5.38. The number of rotatable bonds is 7. The molecule has 0 unspecified atom stereocenters. The van der Waals surface area contributed by atoms with Crippen molar-refractivity contribution in [1.82, 2.24) is 9.88 Å². The summed E-state index contributed by atoms with van der Waals surface area (Å²) in [5.74, 6) is -0.981. The van der Waals surface area contributed by atoms with E-state index in [1.165, 1.54) is 11.0 Å². The lowest BCUT2D eigenvalue weighted by atomic mass is 10.1. The molecule has 4 aromatic rings. The zero-order valence-corrected chi connectivity index (χ0v) is 24.8. The average molecular weight is 612 g/mol. The molecule has 1 aliphatic rings. The topological polar surface area (TPSA) is 150 Å². The van der Waals surface area contributed by atoms with Crippen molar-refractivity contribution >= 4 is 52.3 Å². The Morgan fingerprint density at radius 2 is 1.50 bits per heavy atom. The molecule has 1 saturated heterocycles. The number of hydrogen-bond donors (Lipinski definition) is 1. The Morgan fingerprint density at radius 1 is 0.841 bits per heavy atom. The van der Waals surface area contributed by atoms with Gasteiger partial charge < -0.3 is 9.30 Å². The number of nitrogens with zero attached hydrogens (tertiary/aromatic N) is 4. The summed E-state index contributed by atoms with van der Waals surface area (Å²) in [6, 6.07) is 17.3. The number of thiocarbonyl (C=S) groups is 1. The van der Waals surface area contributed by atoms with Crippen molar-refractivity contribution in [3.63, 3.8) is 0 Å². The van der Waals surface area contributed by atoms with E-state index in [1.54, 1.807) is 30.3 Å². The fraction of sp³-hybridized carbons (Fsp3) is 0.129. The second-order valence-electron chi connectivity index (χ2n) is 10.2. The molecule has 0 aliphatic carbocycles. The smallest absolute Gasteiger partial charge is 0.318 e. The van der Waals surface area contributed by atoms with Crippen LogP contribution in [-0.4, -0.2) is 31.3 Å². The van der Waals surface area contributed by atoms with E-state index in [-0.39, 0.29) is 22.2 Å². The summed E-state index contributed by atoms with van der Waals surface area (Å²) in [6.07, 6.45) is 1.54. The summed E-state index contributed by atoms with van der Waals surface area (Å²) in [5, 5.41) is 25.1. The van der Waals surface area contributed by atoms with Crippen molar-refractivity contribution in [3.05, 3.63) is 121 Å². The molecule has 1 aliphatic heterocycles. The number of anilines is 1. The third-order valence-corrected chi connectivity index (χ3v) is 7.29. The average Bonchev–Trinajstić information content (AvgIpc) is 3.23. The molecule has 0 saturated carbocycles. The molecule has 1 N–H and O–H groups in total. The van der Waals surface area contributed by atoms with Gasteiger partial charge in [0.25, 0.3) is 17.5 Å². The molecule has 3 aromatic carbocycles. The molecular formula is C31H25N5O7S. The molecule has 2 heterocycles. The fourth-order valence-electron chi connectivity index (χ4n) is 5.10. The van der Waals surface area contributed by atoms with Crippen LogP contribution in [0.2, 0.25) is 0 Å². The first-order valence-corrected chi connectivity index (χ1v) is 13.6. The number of amides is 2. The number of carbonyl (C=O) groups is 2. The Hall–Kier alpha value is -5.69. The van der Waals surface area contributed by atoms with Crippen molar-refractivity contribution in [2.45, 2.75) is 27.7 Å². The Kier molecular flexibility index (Phi) is 7.81. The zero-order chi connectivity index (χ0) is 31.9. The minimum Gasteiger partial charge on any atom is -0.450 e. The highest BCUT2D eigenvalue weighted by molar-refractivity contribution is 7.80. The van der Waals surface area contributed by atoms with Gasteiger partial charge in [0.15, 0.2) is 5.11 Å². The first-order valence-electron chi connectivity index (χ1n) is 13.2. The minimum absolute atomic E-state index is 0.00832. The van der Waals surface area contributed by atoms with Crippen LogP contribution in [0.3, 0.4) is 0 Å². The van der Waals surface area contributed by atoms with Crippen molar-refractivity contribution < 1.29 is 24.2 Å². The summed E-state index contributed by atoms with van der Waals surface area (Å²) in [6.45, 7) is 7.55. The SMILES string of the molecule is Cc1cc(C)cc(N2C(=O)/C(=C/c3cc(C)n(-c4ccc(Oc5ccc([N+](=O)[O-])cc5[N+](=O)[O-])cc4)c3C)C(=O)NC2=S)c1. The van der Waals surface area contributed by atoms with E-state index >= 15 is 0 Å². The van der Waals surface area contributed by atoms with E-state index in [0.29, 0.717) is 11.3 Å². The van der Waals surface area contributed by atoms with Gasteiger partial charge in [-0.3, -0.25) is 40.0 Å². The van der Waals surface area contributed by atoms with E-state index in [4.69, 9.17) is 17.0 Å². The summed E-state index contributed by atoms with van der Waals surface area (Å²) in [7, 11) is 0. The summed E-state index contributed by atoms with van der Waals surface area (Å²) >= 11 is 5.34. The second kappa shape index (κ2) is 11.5. The summed E-state index contributed by atoms with van der Waals surface area (Å²) in [5.41, 5.74) is 4.40. The second-order valence-corrected chi connectivity index (χ2v) is 10.6. The van der Waals surface area contributed by atoms with E-state index in [2.05, 4.69) is 5.32 Å². The van der Waals surface area contributed by atoms with E-state index < -0.39 is 33.0 Å². The number of nitro benzene ring substituents is 2. The lowest BCUT2D eigenvalue weighted by Gasteiger charge is -2.29. The molecule has 0 spiro atoms. The van der Waals surface area contributed by atoms with E-state index in [1.807, 2.05) is 56.5 Å². The highest BCUT2D eigenvalue weighted by atomic mass is 32.1. The number of benzene rings is 3. The molecule has 0 atom stereocenters. The Bertz CT molecular complexity index is 1910. The van der Waals surface area contributed by atoms with Crippen LogP contribution in [0.25, 0.3) is 11.8 Å². The molecule has 222 valence electrons. The predicted octanol–water partition coefficient (Wildman–Crippen LogP) is 6.15. The van der Waals surface area contributed by atoms with Gasteiger partial charge in [-0.25, -0.2) is 0 Å². The van der Waals surface area contributed by atoms with Gasteiger partial charge in [-0.15, -0.1) is 0 Å². The minimum atomic E-state index is -0.745. The molecule has 2 amide bonds. The maximum atomic E-state index is 13.6. The molecule has 0 bridgehead atoms. The molecule has 12 nitrogen and oxygen atoms in total. The van der Waals surface area contributed by atoms with Gasteiger partial charge in [0, 0.05) is 23.1 Å². The summed E-state index contributed by atoms with van der Waals surface area (Å²) < 4.78 is 7.59. The molecule has 13 heteroatoms. The van der Waals surface area contributed by atoms with Crippen molar-refractivity contribution in [2.24, 2.45) is 0 Å². The lowest BCUT2D eigenvalue weighted by Crippen LogP contribution is -2.54. The van der Waals surface area contributed by atoms with Gasteiger partial charge in [-0.05, 0) is 111 Å². The molecule has 5 rings (SSSR count). The maximum Gasteiger partial charge on any atom is 0.318 e. The quantitative estimate of drug-likeness (QED) is 0.0859. The normalized spacial score (nSPS) is 14.1. The first kappa shape index (κ1) is 29.8. The van der Waals surface area contributed by atoms with Gasteiger partial charge in [0.2, 0.25) is 5.75 Å². The Balaban J connectivity index is 1.44. The van der Waals surface area contributed by atoms with Gasteiger partial charge in [0.1, 0.15) is 11.3 Å². The molecule has 1 aromatic heterocycles. The third kappa shape index (κ3) is 5.68. The van der Waals surface area contributed by atoms with Crippen molar-refractivity contribution in [2.75, 3.05) is 4.90 Å². The van der Waals surface area contributed by atoms with Crippen LogP contribution < -0.4 is 15.0 Å². The number of nitro groups is 2. The number of aryl methyl sites for hydroxylation is 3. The molecular weight excluding hydrogens is 586 g/mol. The van der Waals surface area contributed by atoms with Crippen molar-refractivity contribution in [1.29, 1.82) is 0 Å². The molecule has 1 fully saturated rings. The monoisotopic (exact) mass is 611 g/mol. The van der Waals surface area contributed by atoms with Gasteiger partial charge in [0.05, 0.1) is 21.6 Å². The Morgan fingerprint density at radius 3 is 2.11 bits per heavy atom. The molecule has 0 radical (unpaired) electrons. The van der Waals surface area contributed by atoms with Gasteiger partial charge >= 0.3 is 5.69 Å². The van der Waals surface area contributed by atoms with E-state index in [0.717, 1.165) is 40.3 Å². The van der Waals surface area contributed by atoms with E-state index in [9.17, 15) is 29.8 Å². The Labute approximate surface area is 256 Å². The standard InChI is InChI=1S/C31H25N5O7S/c1-17-11-18(2)13-24(12-17)34-30(38)26(29(37)32-31(34)44)15-21-14-19(3)33(20(21)4)22-5-8-25(9-6-22)43-28-10-7-23(35(39)40)16-27(28)36(41)42/h5-16H,1-4H3,(H,32,37,44)/b26-15+. The zero-order valence-electron chi connectivity index (χ0n) is 24.0.